The molecule has 4 rings (SSSR count). The van der Waals surface area contributed by atoms with Gasteiger partial charge < -0.3 is 4.74 Å². The van der Waals surface area contributed by atoms with Gasteiger partial charge in [0.1, 0.15) is 23.6 Å². The molecule has 7 nitrogen and oxygen atoms in total. The van der Waals surface area contributed by atoms with E-state index in [1.807, 2.05) is 13.8 Å². The number of hydrogen-bond acceptors (Lipinski definition) is 7. The van der Waals surface area contributed by atoms with Crippen LogP contribution in [-0.4, -0.2) is 44.9 Å². The van der Waals surface area contributed by atoms with Crippen molar-refractivity contribution in [1.29, 1.82) is 0 Å². The van der Waals surface area contributed by atoms with Gasteiger partial charge >= 0.3 is 0 Å². The lowest BCUT2D eigenvalue weighted by atomic mass is 9.68. The van der Waals surface area contributed by atoms with E-state index in [-0.39, 0.29) is 22.1 Å². The number of benzene rings is 2. The molecule has 2 aliphatic rings. The van der Waals surface area contributed by atoms with Crippen LogP contribution in [0.2, 0.25) is 0 Å². The number of aliphatic imine (C=N–C) groups is 2. The molecule has 2 aliphatic heterocycles. The van der Waals surface area contributed by atoms with Gasteiger partial charge in [0.05, 0.1) is 22.7 Å². The van der Waals surface area contributed by atoms with Crippen LogP contribution >= 0.6 is 0 Å². The summed E-state index contributed by atoms with van der Waals surface area (Å²) in [6, 6.07) is 9.34. The SMILES string of the molecule is COc1cc(S(=O)(=O)C(C)C)ccc1-c1cc(C2(C(C)C)C=NN=C3N=CN=C32)ccc1F. The molecule has 0 aromatic heterocycles. The summed E-state index contributed by atoms with van der Waals surface area (Å²) in [5.41, 5.74) is 1.43. The lowest BCUT2D eigenvalue weighted by Crippen LogP contribution is -2.46. The third-order valence-corrected chi connectivity index (χ3v) is 8.30. The van der Waals surface area contributed by atoms with Gasteiger partial charge in [-0.1, -0.05) is 19.9 Å². The molecule has 0 spiro atoms. The van der Waals surface area contributed by atoms with Crippen LogP contribution in [0.25, 0.3) is 11.1 Å². The first kappa shape index (κ1) is 23.0. The maximum atomic E-state index is 15.1. The largest absolute Gasteiger partial charge is 0.496 e. The van der Waals surface area contributed by atoms with Gasteiger partial charge in [0.2, 0.25) is 0 Å². The van der Waals surface area contributed by atoms with Crippen molar-refractivity contribution in [2.24, 2.45) is 26.1 Å². The highest BCUT2D eigenvalue weighted by Gasteiger charge is 2.45. The predicted molar refractivity (Wildman–Crippen MR) is 129 cm³/mol. The average molecular weight is 469 g/mol. The van der Waals surface area contributed by atoms with E-state index in [1.165, 1.54) is 31.6 Å². The summed E-state index contributed by atoms with van der Waals surface area (Å²) in [7, 11) is -2.08. The molecule has 9 heteroatoms. The standard InChI is InChI=1S/C24H25FN4O3S/c1-14(2)24(12-28-29-23-22(24)26-13-27-23)16-6-9-20(25)19(10-16)18-8-7-17(11-21(18)32-5)33(30,31)15(3)4/h6-15H,1-5H3. The van der Waals surface area contributed by atoms with Gasteiger partial charge in [-0.15, -0.1) is 5.10 Å². The number of nitrogens with zero attached hydrogens (tertiary/aromatic N) is 4. The van der Waals surface area contributed by atoms with Crippen LogP contribution in [0.5, 0.6) is 5.75 Å². The molecule has 2 aromatic carbocycles. The molecule has 2 aromatic rings. The van der Waals surface area contributed by atoms with Crippen molar-refractivity contribution < 1.29 is 17.5 Å². The van der Waals surface area contributed by atoms with Crippen LogP contribution in [0.4, 0.5) is 4.39 Å². The Balaban J connectivity index is 1.89. The first-order valence-corrected chi connectivity index (χ1v) is 12.1. The van der Waals surface area contributed by atoms with E-state index < -0.39 is 26.3 Å². The Bertz CT molecular complexity index is 1340. The highest BCUT2D eigenvalue weighted by molar-refractivity contribution is 7.92. The molecular formula is C24H25FN4O3S. The molecular weight excluding hydrogens is 443 g/mol. The summed E-state index contributed by atoms with van der Waals surface area (Å²) < 4.78 is 45.8. The van der Waals surface area contributed by atoms with Gasteiger partial charge in [-0.25, -0.2) is 22.8 Å². The first-order chi connectivity index (χ1) is 15.6. The highest BCUT2D eigenvalue weighted by Crippen LogP contribution is 2.40. The molecule has 0 amide bonds. The topological polar surface area (TPSA) is 92.8 Å². The van der Waals surface area contributed by atoms with E-state index in [0.29, 0.717) is 17.1 Å². The molecule has 0 saturated heterocycles. The van der Waals surface area contributed by atoms with Gasteiger partial charge in [-0.2, -0.15) is 5.10 Å². The average Bonchev–Trinajstić information content (AvgIpc) is 3.28. The number of rotatable bonds is 6. The molecule has 0 bridgehead atoms. The van der Waals surface area contributed by atoms with E-state index >= 15 is 4.39 Å². The Labute approximate surface area is 192 Å². The summed E-state index contributed by atoms with van der Waals surface area (Å²) in [6.45, 7) is 7.29. The Hall–Kier alpha value is -3.20. The minimum absolute atomic E-state index is 0.0194. The molecule has 0 radical (unpaired) electrons. The third kappa shape index (κ3) is 3.60. The van der Waals surface area contributed by atoms with Crippen LogP contribution < -0.4 is 4.74 Å². The summed E-state index contributed by atoms with van der Waals surface area (Å²) in [6.07, 6.45) is 3.17. The fourth-order valence-electron chi connectivity index (χ4n) is 4.16. The number of methoxy groups -OCH3 is 1. The zero-order valence-electron chi connectivity index (χ0n) is 19.1. The smallest absolute Gasteiger partial charge is 0.198 e. The molecule has 2 heterocycles. The van der Waals surface area contributed by atoms with Crippen molar-refractivity contribution in [2.75, 3.05) is 7.11 Å². The molecule has 0 saturated carbocycles. The van der Waals surface area contributed by atoms with Gasteiger partial charge in [-0.3, -0.25) is 0 Å². The van der Waals surface area contributed by atoms with Crippen molar-refractivity contribution in [3.8, 4) is 16.9 Å². The number of ether oxygens (including phenoxy) is 1. The van der Waals surface area contributed by atoms with E-state index in [1.54, 1.807) is 38.3 Å². The van der Waals surface area contributed by atoms with E-state index in [4.69, 9.17) is 4.74 Å². The lowest BCUT2D eigenvalue weighted by Gasteiger charge is -2.35. The van der Waals surface area contributed by atoms with Crippen LogP contribution in [0.15, 0.2) is 61.5 Å². The number of amidine groups is 1. The maximum Gasteiger partial charge on any atom is 0.198 e. The van der Waals surface area contributed by atoms with Crippen LogP contribution in [0, 0.1) is 11.7 Å². The van der Waals surface area contributed by atoms with Gasteiger partial charge in [0, 0.05) is 17.3 Å². The second-order valence-electron chi connectivity index (χ2n) is 8.56. The Kier molecular flexibility index (Phi) is 5.78. The fourth-order valence-corrected chi connectivity index (χ4v) is 5.23. The van der Waals surface area contributed by atoms with Crippen molar-refractivity contribution in [3.63, 3.8) is 0 Å². The van der Waals surface area contributed by atoms with Crippen LogP contribution in [0.3, 0.4) is 0 Å². The van der Waals surface area contributed by atoms with Crippen LogP contribution in [-0.2, 0) is 15.3 Å². The minimum Gasteiger partial charge on any atom is -0.496 e. The number of sulfone groups is 1. The van der Waals surface area contributed by atoms with Crippen molar-refractivity contribution >= 4 is 33.9 Å². The van der Waals surface area contributed by atoms with Crippen molar-refractivity contribution in [1.82, 2.24) is 0 Å². The number of halogens is 1. The molecule has 1 atom stereocenters. The monoisotopic (exact) mass is 468 g/mol. The predicted octanol–water partition coefficient (Wildman–Crippen LogP) is 4.46. The van der Waals surface area contributed by atoms with Crippen LogP contribution in [0.1, 0.15) is 33.3 Å². The Morgan fingerprint density at radius 2 is 1.79 bits per heavy atom. The van der Waals surface area contributed by atoms with E-state index in [2.05, 4.69) is 20.2 Å². The van der Waals surface area contributed by atoms with Crippen molar-refractivity contribution in [2.45, 2.75) is 43.3 Å². The van der Waals surface area contributed by atoms with E-state index in [9.17, 15) is 8.42 Å². The van der Waals surface area contributed by atoms with Gasteiger partial charge in [0.15, 0.2) is 15.7 Å². The van der Waals surface area contributed by atoms with Crippen molar-refractivity contribution in [3.05, 3.63) is 47.8 Å². The molecule has 0 aliphatic carbocycles. The Morgan fingerprint density at radius 3 is 2.45 bits per heavy atom. The summed E-state index contributed by atoms with van der Waals surface area (Å²) >= 11 is 0. The van der Waals surface area contributed by atoms with Gasteiger partial charge in [0.25, 0.3) is 0 Å². The lowest BCUT2D eigenvalue weighted by molar-refractivity contribution is 0.414. The summed E-state index contributed by atoms with van der Waals surface area (Å²) in [5, 5.41) is 7.65. The number of hydrogen-bond donors (Lipinski definition) is 0. The zero-order chi connectivity index (χ0) is 24.0. The molecule has 33 heavy (non-hydrogen) atoms. The zero-order valence-corrected chi connectivity index (χ0v) is 19.9. The first-order valence-electron chi connectivity index (χ1n) is 10.6. The molecule has 1 unspecified atom stereocenters. The third-order valence-electron chi connectivity index (χ3n) is 6.15. The normalized spacial score (nSPS) is 19.6. The number of fused-ring (bicyclic) bond motifs is 1. The second-order valence-corrected chi connectivity index (χ2v) is 11.1. The molecule has 172 valence electrons. The molecule has 0 fully saturated rings. The highest BCUT2D eigenvalue weighted by atomic mass is 32.2. The quantitative estimate of drug-likeness (QED) is 0.627. The molecule has 0 N–H and O–H groups in total. The summed E-state index contributed by atoms with van der Waals surface area (Å²) in [5.74, 6) is 0.276. The minimum atomic E-state index is -3.51. The maximum absolute atomic E-state index is 15.1. The second kappa shape index (κ2) is 8.30. The Morgan fingerprint density at radius 1 is 1.03 bits per heavy atom. The summed E-state index contributed by atoms with van der Waals surface area (Å²) in [4.78, 5) is 8.76. The van der Waals surface area contributed by atoms with E-state index in [0.717, 1.165) is 5.56 Å². The van der Waals surface area contributed by atoms with Gasteiger partial charge in [-0.05, 0) is 55.7 Å². The fraction of sp³-hybridized carbons (Fsp3) is 0.333.